The summed E-state index contributed by atoms with van der Waals surface area (Å²) in [5, 5.41) is 4.68. The van der Waals surface area contributed by atoms with E-state index in [9.17, 15) is 16.8 Å². The lowest BCUT2D eigenvalue weighted by molar-refractivity contribution is 0.579. The normalized spacial score (nSPS) is 13.5. The van der Waals surface area contributed by atoms with E-state index in [1.807, 2.05) is 0 Å². The van der Waals surface area contributed by atoms with Gasteiger partial charge in [0.1, 0.15) is 0 Å². The van der Waals surface area contributed by atoms with Crippen LogP contribution in [-0.4, -0.2) is 34.1 Å². The lowest BCUT2D eigenvalue weighted by Gasteiger charge is -2.05. The molecule has 0 rings (SSSR count). The van der Waals surface area contributed by atoms with E-state index in [2.05, 4.69) is 5.14 Å². The minimum Gasteiger partial charge on any atom is -0.229 e. The minimum atomic E-state index is -3.67. The van der Waals surface area contributed by atoms with E-state index in [0.29, 0.717) is 0 Å². The molecule has 0 aromatic carbocycles. The first-order chi connectivity index (χ1) is 5.62. The Morgan fingerprint density at radius 3 is 1.85 bits per heavy atom. The van der Waals surface area contributed by atoms with Crippen LogP contribution in [0.5, 0.6) is 0 Å². The number of sulfonamides is 1. The zero-order valence-electron chi connectivity index (χ0n) is 7.73. The number of rotatable bonds is 5. The van der Waals surface area contributed by atoms with Gasteiger partial charge in [-0.15, -0.1) is 0 Å². The van der Waals surface area contributed by atoms with E-state index in [1.54, 1.807) is 13.8 Å². The topological polar surface area (TPSA) is 94.3 Å². The summed E-state index contributed by atoms with van der Waals surface area (Å²) in [4.78, 5) is 0. The van der Waals surface area contributed by atoms with Crippen LogP contribution in [0.2, 0.25) is 0 Å². The summed E-state index contributed by atoms with van der Waals surface area (Å²) >= 11 is 0. The van der Waals surface area contributed by atoms with Crippen molar-refractivity contribution in [1.82, 2.24) is 0 Å². The van der Waals surface area contributed by atoms with Crippen LogP contribution in [0.4, 0.5) is 0 Å². The first kappa shape index (κ1) is 12.9. The molecule has 2 N–H and O–H groups in total. The second kappa shape index (κ2) is 4.39. The summed E-state index contributed by atoms with van der Waals surface area (Å²) in [6.45, 7) is 3.52. The summed E-state index contributed by atoms with van der Waals surface area (Å²) in [5.74, 6) is -0.875. The highest BCUT2D eigenvalue weighted by molar-refractivity contribution is 7.94. The highest BCUT2D eigenvalue weighted by atomic mass is 32.2. The predicted molar refractivity (Wildman–Crippen MR) is 51.5 cm³/mol. The summed E-state index contributed by atoms with van der Waals surface area (Å²) in [6, 6.07) is 0. The molecule has 0 amide bonds. The molecule has 0 aliphatic heterocycles. The van der Waals surface area contributed by atoms with Crippen LogP contribution in [-0.2, 0) is 19.9 Å². The number of hydrogen-bond acceptors (Lipinski definition) is 4. The second-order valence-corrected chi connectivity index (χ2v) is 7.34. The van der Waals surface area contributed by atoms with Gasteiger partial charge in [-0.1, -0.05) is 13.8 Å². The molecule has 0 aliphatic rings. The Morgan fingerprint density at radius 2 is 1.54 bits per heavy atom. The molecular formula is C6H15NO4S2. The van der Waals surface area contributed by atoms with Crippen molar-refractivity contribution in [3.63, 3.8) is 0 Å². The molecule has 0 fully saturated rings. The molecule has 13 heavy (non-hydrogen) atoms. The van der Waals surface area contributed by atoms with E-state index in [1.165, 1.54) is 0 Å². The molecule has 0 heterocycles. The standard InChI is InChI=1S/C6H15NO4S2/c1-6(2)5-12(8,9)3-4-13(7,10)11/h6H,3-5H2,1-2H3,(H2,7,10,11). The Morgan fingerprint density at radius 1 is 1.08 bits per heavy atom. The van der Waals surface area contributed by atoms with Gasteiger partial charge >= 0.3 is 0 Å². The van der Waals surface area contributed by atoms with Crippen molar-refractivity contribution in [2.45, 2.75) is 13.8 Å². The van der Waals surface area contributed by atoms with Crippen molar-refractivity contribution < 1.29 is 16.8 Å². The van der Waals surface area contributed by atoms with Crippen LogP contribution in [0.25, 0.3) is 0 Å². The van der Waals surface area contributed by atoms with Crippen LogP contribution in [0, 0.1) is 5.92 Å². The quantitative estimate of drug-likeness (QED) is 0.677. The average Bonchev–Trinajstić information content (AvgIpc) is 1.79. The van der Waals surface area contributed by atoms with E-state index in [-0.39, 0.29) is 17.4 Å². The Bertz CT molecular complexity index is 341. The van der Waals surface area contributed by atoms with Crippen molar-refractivity contribution in [2.75, 3.05) is 17.3 Å². The zero-order chi connectivity index (χ0) is 10.7. The van der Waals surface area contributed by atoms with E-state index >= 15 is 0 Å². The van der Waals surface area contributed by atoms with Crippen molar-refractivity contribution >= 4 is 19.9 Å². The first-order valence-electron chi connectivity index (χ1n) is 3.83. The Balaban J connectivity index is 4.22. The monoisotopic (exact) mass is 229 g/mol. The minimum absolute atomic E-state index is 0.00250. The Labute approximate surface area is 79.3 Å². The fourth-order valence-electron chi connectivity index (χ4n) is 0.834. The third kappa shape index (κ3) is 8.20. The maximum absolute atomic E-state index is 11.2. The SMILES string of the molecule is CC(C)CS(=O)(=O)CCS(N)(=O)=O. The van der Waals surface area contributed by atoms with Crippen LogP contribution >= 0.6 is 0 Å². The molecule has 0 saturated carbocycles. The molecule has 0 aromatic rings. The molecule has 0 spiro atoms. The average molecular weight is 229 g/mol. The zero-order valence-corrected chi connectivity index (χ0v) is 9.36. The lowest BCUT2D eigenvalue weighted by Crippen LogP contribution is -2.25. The van der Waals surface area contributed by atoms with Gasteiger partial charge in [-0.25, -0.2) is 22.0 Å². The van der Waals surface area contributed by atoms with Gasteiger partial charge in [0.2, 0.25) is 10.0 Å². The third-order valence-electron chi connectivity index (χ3n) is 1.27. The van der Waals surface area contributed by atoms with Gasteiger partial charge in [0, 0.05) is 0 Å². The maximum Gasteiger partial charge on any atom is 0.210 e. The maximum atomic E-state index is 11.2. The van der Waals surface area contributed by atoms with Gasteiger partial charge in [0.25, 0.3) is 0 Å². The fourth-order valence-corrected chi connectivity index (χ4v) is 3.96. The highest BCUT2D eigenvalue weighted by Gasteiger charge is 2.16. The lowest BCUT2D eigenvalue weighted by atomic mass is 10.3. The van der Waals surface area contributed by atoms with E-state index < -0.39 is 25.6 Å². The second-order valence-electron chi connectivity index (χ2n) is 3.38. The molecule has 0 saturated heterocycles. The van der Waals surface area contributed by atoms with Gasteiger partial charge in [-0.2, -0.15) is 0 Å². The van der Waals surface area contributed by atoms with Crippen molar-refractivity contribution in [1.29, 1.82) is 0 Å². The summed E-state index contributed by atoms with van der Waals surface area (Å²) < 4.78 is 43.3. The van der Waals surface area contributed by atoms with Crippen LogP contribution in [0.15, 0.2) is 0 Å². The smallest absolute Gasteiger partial charge is 0.210 e. The first-order valence-corrected chi connectivity index (χ1v) is 7.37. The highest BCUT2D eigenvalue weighted by Crippen LogP contribution is 2.00. The van der Waals surface area contributed by atoms with Crippen LogP contribution in [0.1, 0.15) is 13.8 Å². The van der Waals surface area contributed by atoms with Crippen molar-refractivity contribution in [3.8, 4) is 0 Å². The van der Waals surface area contributed by atoms with Gasteiger partial charge in [0.15, 0.2) is 9.84 Å². The largest absolute Gasteiger partial charge is 0.229 e. The molecule has 0 unspecified atom stereocenters. The number of primary sulfonamides is 1. The third-order valence-corrected chi connectivity index (χ3v) is 4.30. The molecule has 5 nitrogen and oxygen atoms in total. The van der Waals surface area contributed by atoms with Crippen molar-refractivity contribution in [3.05, 3.63) is 0 Å². The van der Waals surface area contributed by atoms with E-state index in [0.717, 1.165) is 0 Å². The summed E-state index contributed by atoms with van der Waals surface area (Å²) in [7, 11) is -6.95. The molecule has 0 atom stereocenters. The molecule has 0 radical (unpaired) electrons. The Kier molecular flexibility index (Phi) is 4.34. The number of nitrogens with two attached hydrogens (primary N) is 1. The van der Waals surface area contributed by atoms with E-state index in [4.69, 9.17) is 0 Å². The molecule has 0 aromatic heterocycles. The number of hydrogen-bond donors (Lipinski definition) is 1. The van der Waals surface area contributed by atoms with Gasteiger partial charge in [-0.05, 0) is 5.92 Å². The molecule has 7 heteroatoms. The van der Waals surface area contributed by atoms with Gasteiger partial charge in [-0.3, -0.25) is 0 Å². The Hall–Kier alpha value is -0.140. The fraction of sp³-hybridized carbons (Fsp3) is 1.00. The van der Waals surface area contributed by atoms with Crippen LogP contribution in [0.3, 0.4) is 0 Å². The molecule has 0 aliphatic carbocycles. The predicted octanol–water partition coefficient (Wildman–Crippen LogP) is -0.654. The molecule has 80 valence electrons. The van der Waals surface area contributed by atoms with Gasteiger partial charge in [0.05, 0.1) is 17.3 Å². The van der Waals surface area contributed by atoms with Crippen LogP contribution < -0.4 is 5.14 Å². The molecular weight excluding hydrogens is 214 g/mol. The summed E-state index contributed by atoms with van der Waals surface area (Å²) in [6.07, 6.45) is 0. The van der Waals surface area contributed by atoms with Gasteiger partial charge < -0.3 is 0 Å². The number of sulfone groups is 1. The van der Waals surface area contributed by atoms with Crippen molar-refractivity contribution in [2.24, 2.45) is 11.1 Å². The molecule has 0 bridgehead atoms. The summed E-state index contributed by atoms with van der Waals surface area (Å²) in [5.41, 5.74) is 0.